The lowest BCUT2D eigenvalue weighted by atomic mass is 9.95. The molecule has 4 rings (SSSR count). The fourth-order valence-corrected chi connectivity index (χ4v) is 3.81. The molecule has 0 saturated carbocycles. The van der Waals surface area contributed by atoms with Crippen LogP contribution in [-0.4, -0.2) is 39.3 Å². The normalized spacial score (nSPS) is 14.4. The van der Waals surface area contributed by atoms with Gasteiger partial charge in [-0.2, -0.15) is 16.1 Å². The maximum Gasteiger partial charge on any atom is 0.244 e. The van der Waals surface area contributed by atoms with E-state index in [4.69, 9.17) is 9.47 Å². The summed E-state index contributed by atoms with van der Waals surface area (Å²) in [5.41, 5.74) is 1.87. The van der Waals surface area contributed by atoms with Crippen molar-refractivity contribution in [2.75, 3.05) is 13.2 Å². The van der Waals surface area contributed by atoms with Crippen molar-refractivity contribution < 1.29 is 14.3 Å². The summed E-state index contributed by atoms with van der Waals surface area (Å²) >= 11 is 1.56. The van der Waals surface area contributed by atoms with Crippen molar-refractivity contribution in [3.05, 3.63) is 40.6 Å². The molecule has 2 aromatic heterocycles. The third kappa shape index (κ3) is 4.56. The van der Waals surface area contributed by atoms with Gasteiger partial charge in [-0.25, -0.2) is 0 Å². The zero-order valence-corrected chi connectivity index (χ0v) is 17.2. The minimum atomic E-state index is -0.176. The number of hydrogen-bond acceptors (Lipinski definition) is 7. The molecular weight excluding hydrogens is 390 g/mol. The fraction of sp³-hybridized carbons (Fsp3) is 0.400. The first-order valence-electron chi connectivity index (χ1n) is 9.59. The second kappa shape index (κ2) is 8.60. The molecule has 1 aliphatic heterocycles. The smallest absolute Gasteiger partial charge is 0.244 e. The Morgan fingerprint density at radius 3 is 2.83 bits per heavy atom. The van der Waals surface area contributed by atoms with Crippen LogP contribution in [-0.2, 0) is 11.3 Å². The van der Waals surface area contributed by atoms with Gasteiger partial charge in [0.25, 0.3) is 0 Å². The van der Waals surface area contributed by atoms with Crippen LogP contribution in [0.4, 0.5) is 0 Å². The van der Waals surface area contributed by atoms with Crippen molar-refractivity contribution in [3.63, 3.8) is 0 Å². The van der Waals surface area contributed by atoms with Crippen LogP contribution < -0.4 is 14.8 Å². The van der Waals surface area contributed by atoms with E-state index in [-0.39, 0.29) is 24.4 Å². The zero-order chi connectivity index (χ0) is 20.2. The first kappa shape index (κ1) is 19.4. The summed E-state index contributed by atoms with van der Waals surface area (Å²) in [6.07, 6.45) is 0.854. The molecule has 1 aliphatic rings. The van der Waals surface area contributed by atoms with Crippen LogP contribution in [0.2, 0.25) is 0 Å². The molecule has 8 nitrogen and oxygen atoms in total. The molecule has 1 N–H and O–H groups in total. The minimum Gasteiger partial charge on any atom is -0.490 e. The highest BCUT2D eigenvalue weighted by Crippen LogP contribution is 2.34. The van der Waals surface area contributed by atoms with Gasteiger partial charge in [-0.05, 0) is 40.3 Å². The van der Waals surface area contributed by atoms with Gasteiger partial charge in [0.1, 0.15) is 6.54 Å². The summed E-state index contributed by atoms with van der Waals surface area (Å²) in [7, 11) is 0. The molecule has 0 fully saturated rings. The highest BCUT2D eigenvalue weighted by molar-refractivity contribution is 7.08. The van der Waals surface area contributed by atoms with E-state index in [1.54, 1.807) is 11.3 Å². The second-order valence-electron chi connectivity index (χ2n) is 7.20. The number of fused-ring (bicyclic) bond motifs is 1. The molecule has 152 valence electrons. The Morgan fingerprint density at radius 2 is 2.07 bits per heavy atom. The molecule has 3 aromatic rings. The van der Waals surface area contributed by atoms with E-state index in [9.17, 15) is 4.79 Å². The number of amides is 1. The topological polar surface area (TPSA) is 91.2 Å². The van der Waals surface area contributed by atoms with Gasteiger partial charge < -0.3 is 14.8 Å². The standard InChI is InChI=1S/C20H23N5O3S/c1-13(2)19(14-4-5-16-17(10-14)28-8-3-7-27-16)21-18(26)11-25-23-20(22-24-25)15-6-9-29-12-15/h4-6,9-10,12-13,19H,3,7-8,11H2,1-2H3,(H,21,26). The Bertz CT molecular complexity index is 970. The first-order valence-corrected chi connectivity index (χ1v) is 10.5. The zero-order valence-electron chi connectivity index (χ0n) is 16.4. The number of thiophene rings is 1. The lowest BCUT2D eigenvalue weighted by molar-refractivity contribution is -0.123. The molecule has 9 heteroatoms. The van der Waals surface area contributed by atoms with Crippen LogP contribution in [0.3, 0.4) is 0 Å². The monoisotopic (exact) mass is 413 g/mol. The van der Waals surface area contributed by atoms with Crippen LogP contribution in [0.1, 0.15) is 31.9 Å². The largest absolute Gasteiger partial charge is 0.490 e. The van der Waals surface area contributed by atoms with Crippen molar-refractivity contribution in [2.45, 2.75) is 32.9 Å². The molecule has 0 aliphatic carbocycles. The number of aromatic nitrogens is 4. The molecule has 0 bridgehead atoms. The van der Waals surface area contributed by atoms with E-state index in [0.29, 0.717) is 19.0 Å². The molecule has 0 saturated heterocycles. The summed E-state index contributed by atoms with van der Waals surface area (Å²) in [5.74, 6) is 1.99. The summed E-state index contributed by atoms with van der Waals surface area (Å²) in [6, 6.07) is 7.59. The van der Waals surface area contributed by atoms with E-state index in [1.807, 2.05) is 35.0 Å². The van der Waals surface area contributed by atoms with E-state index in [1.165, 1.54) is 4.80 Å². The molecule has 0 radical (unpaired) electrons. The van der Waals surface area contributed by atoms with Crippen LogP contribution in [0.15, 0.2) is 35.0 Å². The predicted octanol–water partition coefficient (Wildman–Crippen LogP) is 3.08. The highest BCUT2D eigenvalue weighted by Gasteiger charge is 2.22. The molecule has 29 heavy (non-hydrogen) atoms. The van der Waals surface area contributed by atoms with Gasteiger partial charge in [-0.1, -0.05) is 19.9 Å². The molecule has 1 unspecified atom stereocenters. The van der Waals surface area contributed by atoms with E-state index in [2.05, 4.69) is 34.6 Å². The maximum atomic E-state index is 12.6. The number of tetrazole rings is 1. The van der Waals surface area contributed by atoms with E-state index < -0.39 is 0 Å². The van der Waals surface area contributed by atoms with Crippen LogP contribution >= 0.6 is 11.3 Å². The number of rotatable bonds is 6. The first-order chi connectivity index (χ1) is 14.1. The van der Waals surface area contributed by atoms with Gasteiger partial charge >= 0.3 is 0 Å². The Kier molecular flexibility index (Phi) is 5.75. The third-order valence-corrected chi connectivity index (χ3v) is 5.31. The predicted molar refractivity (Wildman–Crippen MR) is 109 cm³/mol. The molecule has 1 atom stereocenters. The van der Waals surface area contributed by atoms with Gasteiger partial charge in [-0.3, -0.25) is 4.79 Å². The third-order valence-electron chi connectivity index (χ3n) is 4.63. The second-order valence-corrected chi connectivity index (χ2v) is 7.98. The SMILES string of the molecule is CC(C)C(NC(=O)Cn1nnc(-c2ccsc2)n1)c1ccc2c(c1)OCCCO2. The molecule has 0 spiro atoms. The average molecular weight is 414 g/mol. The number of carbonyl (C=O) groups excluding carboxylic acids is 1. The van der Waals surface area contributed by atoms with Gasteiger partial charge in [0, 0.05) is 17.4 Å². The number of carbonyl (C=O) groups is 1. The Labute approximate surface area is 172 Å². The number of nitrogens with zero attached hydrogens (tertiary/aromatic N) is 4. The van der Waals surface area contributed by atoms with E-state index >= 15 is 0 Å². The molecule has 1 aromatic carbocycles. The van der Waals surface area contributed by atoms with Crippen LogP contribution in [0, 0.1) is 5.92 Å². The van der Waals surface area contributed by atoms with Crippen LogP contribution in [0.5, 0.6) is 11.5 Å². The van der Waals surface area contributed by atoms with Crippen molar-refractivity contribution in [3.8, 4) is 22.9 Å². The molecule has 1 amide bonds. The lowest BCUT2D eigenvalue weighted by Crippen LogP contribution is -2.34. The maximum absolute atomic E-state index is 12.6. The number of nitrogens with one attached hydrogen (secondary N) is 1. The number of benzene rings is 1. The molecule has 3 heterocycles. The van der Waals surface area contributed by atoms with Crippen molar-refractivity contribution in [2.24, 2.45) is 5.92 Å². The van der Waals surface area contributed by atoms with Gasteiger partial charge in [0.05, 0.1) is 19.3 Å². The van der Waals surface area contributed by atoms with Crippen molar-refractivity contribution in [1.82, 2.24) is 25.5 Å². The van der Waals surface area contributed by atoms with Crippen molar-refractivity contribution in [1.29, 1.82) is 0 Å². The minimum absolute atomic E-state index is 0.00487. The van der Waals surface area contributed by atoms with Crippen molar-refractivity contribution >= 4 is 17.2 Å². The van der Waals surface area contributed by atoms with E-state index in [0.717, 1.165) is 29.0 Å². The Hall–Kier alpha value is -2.94. The van der Waals surface area contributed by atoms with Crippen LogP contribution in [0.25, 0.3) is 11.4 Å². The van der Waals surface area contributed by atoms with Gasteiger partial charge in [0.2, 0.25) is 11.7 Å². The lowest BCUT2D eigenvalue weighted by Gasteiger charge is -2.23. The summed E-state index contributed by atoms with van der Waals surface area (Å²) < 4.78 is 11.5. The number of hydrogen-bond donors (Lipinski definition) is 1. The highest BCUT2D eigenvalue weighted by atomic mass is 32.1. The Morgan fingerprint density at radius 1 is 1.24 bits per heavy atom. The number of ether oxygens (including phenoxy) is 2. The summed E-state index contributed by atoms with van der Waals surface area (Å²) in [5, 5.41) is 19.3. The quantitative estimate of drug-likeness (QED) is 0.668. The fourth-order valence-electron chi connectivity index (χ4n) is 3.17. The summed E-state index contributed by atoms with van der Waals surface area (Å²) in [6.45, 7) is 5.41. The van der Waals surface area contributed by atoms with Gasteiger partial charge in [0.15, 0.2) is 11.5 Å². The summed E-state index contributed by atoms with van der Waals surface area (Å²) in [4.78, 5) is 14.0. The van der Waals surface area contributed by atoms with Gasteiger partial charge in [-0.15, -0.1) is 10.2 Å². The molecular formula is C20H23N5O3S. The average Bonchev–Trinajstić information content (AvgIpc) is 3.33. The Balaban J connectivity index is 1.46.